The highest BCUT2D eigenvalue weighted by atomic mass is 16.6. The Morgan fingerprint density at radius 3 is 1.68 bits per heavy atom. The Morgan fingerprint density at radius 2 is 1.36 bits per heavy atom. The summed E-state index contributed by atoms with van der Waals surface area (Å²) in [7, 11) is 0. The summed E-state index contributed by atoms with van der Waals surface area (Å²) in [5.41, 5.74) is 0. The van der Waals surface area contributed by atoms with Crippen molar-refractivity contribution >= 4 is 24.1 Å². The fraction of sp³-hybridized carbons (Fsp3) is 0.500. The molecule has 2 atom stereocenters. The van der Waals surface area contributed by atoms with E-state index < -0.39 is 36.3 Å². The van der Waals surface area contributed by atoms with Crippen LogP contribution in [0.5, 0.6) is 0 Å². The molecule has 0 bridgehead atoms. The zero-order valence-corrected chi connectivity index (χ0v) is 11.4. The van der Waals surface area contributed by atoms with Gasteiger partial charge in [0.2, 0.25) is 0 Å². The fourth-order valence-electron chi connectivity index (χ4n) is 1.63. The van der Waals surface area contributed by atoms with Crippen molar-refractivity contribution < 1.29 is 38.1 Å². The number of hydrogen-bond donors (Lipinski definition) is 2. The molecular formula is C12H14N2O8. The lowest BCUT2D eigenvalue weighted by Crippen LogP contribution is -2.22. The van der Waals surface area contributed by atoms with Crippen molar-refractivity contribution in [3.63, 3.8) is 0 Å². The lowest BCUT2D eigenvalue weighted by Gasteiger charge is -2.07. The molecule has 2 fully saturated rings. The van der Waals surface area contributed by atoms with Crippen LogP contribution >= 0.6 is 0 Å². The smallest absolute Gasteiger partial charge is 0.407 e. The van der Waals surface area contributed by atoms with Crippen molar-refractivity contribution in [3.8, 4) is 0 Å². The predicted molar refractivity (Wildman–Crippen MR) is 67.6 cm³/mol. The zero-order valence-electron chi connectivity index (χ0n) is 11.4. The number of esters is 2. The maximum atomic E-state index is 11.3. The molecule has 0 aromatic carbocycles. The Labute approximate surface area is 124 Å². The molecule has 0 aromatic rings. The largest absolute Gasteiger partial charge is 0.459 e. The molecule has 0 saturated carbocycles. The first-order valence-electron chi connectivity index (χ1n) is 6.43. The third-order valence-corrected chi connectivity index (χ3v) is 2.67. The summed E-state index contributed by atoms with van der Waals surface area (Å²) in [6.07, 6.45) is -0.427. The van der Waals surface area contributed by atoms with Gasteiger partial charge in [-0.1, -0.05) is 0 Å². The molecule has 0 spiro atoms. The first-order chi connectivity index (χ1) is 10.5. The fourth-order valence-corrected chi connectivity index (χ4v) is 1.63. The third-order valence-electron chi connectivity index (χ3n) is 2.67. The van der Waals surface area contributed by atoms with Gasteiger partial charge in [-0.2, -0.15) is 0 Å². The van der Waals surface area contributed by atoms with E-state index in [0.717, 1.165) is 12.2 Å². The van der Waals surface area contributed by atoms with E-state index in [9.17, 15) is 19.2 Å². The van der Waals surface area contributed by atoms with Gasteiger partial charge >= 0.3 is 24.1 Å². The molecule has 2 aliphatic rings. The predicted octanol–water partition coefficient (Wildman–Crippen LogP) is -1.15. The molecule has 2 N–H and O–H groups in total. The summed E-state index contributed by atoms with van der Waals surface area (Å²) in [4.78, 5) is 44.1. The van der Waals surface area contributed by atoms with Gasteiger partial charge in [0.25, 0.3) is 0 Å². The van der Waals surface area contributed by atoms with E-state index in [1.165, 1.54) is 0 Å². The number of carbonyl (C=O) groups is 4. The van der Waals surface area contributed by atoms with Crippen molar-refractivity contribution in [2.75, 3.05) is 26.3 Å². The molecule has 2 rings (SSSR count). The maximum Gasteiger partial charge on any atom is 0.407 e. The molecule has 0 aliphatic carbocycles. The number of cyclic esters (lactones) is 2. The van der Waals surface area contributed by atoms with Crippen molar-refractivity contribution in [2.45, 2.75) is 12.2 Å². The second kappa shape index (κ2) is 7.29. The molecule has 120 valence electrons. The normalized spacial score (nSPS) is 23.5. The highest BCUT2D eigenvalue weighted by molar-refractivity contribution is 5.91. The quantitative estimate of drug-likeness (QED) is 0.357. The number of ether oxygens (including phenoxy) is 4. The molecule has 10 nitrogen and oxygen atoms in total. The van der Waals surface area contributed by atoms with Gasteiger partial charge in [0.05, 0.1) is 13.1 Å². The molecule has 22 heavy (non-hydrogen) atoms. The number of alkyl carbamates (subject to hydrolysis) is 2. The van der Waals surface area contributed by atoms with Crippen LogP contribution in [-0.2, 0) is 28.5 Å². The Bertz CT molecular complexity index is 459. The highest BCUT2D eigenvalue weighted by Crippen LogP contribution is 2.02. The number of hydrogen-bond acceptors (Lipinski definition) is 8. The second-order valence-electron chi connectivity index (χ2n) is 4.41. The van der Waals surface area contributed by atoms with Gasteiger partial charge in [0, 0.05) is 12.2 Å². The lowest BCUT2D eigenvalue weighted by atomic mass is 10.4. The van der Waals surface area contributed by atoms with Crippen LogP contribution in [0.1, 0.15) is 0 Å². The first-order valence-corrected chi connectivity index (χ1v) is 6.43. The molecule has 2 heterocycles. The van der Waals surface area contributed by atoms with Crippen LogP contribution in [-0.4, -0.2) is 62.6 Å². The van der Waals surface area contributed by atoms with E-state index in [-0.39, 0.29) is 26.3 Å². The Hall–Kier alpha value is -2.78. The summed E-state index contributed by atoms with van der Waals surface area (Å²) < 4.78 is 19.1. The zero-order chi connectivity index (χ0) is 15.9. The van der Waals surface area contributed by atoms with Gasteiger partial charge in [-0.15, -0.1) is 0 Å². The lowest BCUT2D eigenvalue weighted by molar-refractivity contribution is -0.142. The molecule has 10 heteroatoms. The summed E-state index contributed by atoms with van der Waals surface area (Å²) in [5, 5.41) is 4.81. The molecule has 0 aromatic heterocycles. The summed E-state index contributed by atoms with van der Waals surface area (Å²) in [5.74, 6) is -1.54. The average molecular weight is 314 g/mol. The number of nitrogens with one attached hydrogen (secondary N) is 2. The van der Waals surface area contributed by atoms with Crippen molar-refractivity contribution in [3.05, 3.63) is 12.2 Å². The van der Waals surface area contributed by atoms with Crippen molar-refractivity contribution in [1.29, 1.82) is 0 Å². The van der Waals surface area contributed by atoms with E-state index in [0.29, 0.717) is 0 Å². The molecular weight excluding hydrogens is 300 g/mol. The van der Waals surface area contributed by atoms with Gasteiger partial charge in [0.15, 0.2) is 12.2 Å². The van der Waals surface area contributed by atoms with Crippen molar-refractivity contribution in [2.24, 2.45) is 0 Å². The minimum Gasteiger partial charge on any atom is -0.459 e. The number of carbonyl (C=O) groups excluding carboxylic acids is 4. The molecule has 2 unspecified atom stereocenters. The average Bonchev–Trinajstić information content (AvgIpc) is 3.09. The maximum absolute atomic E-state index is 11.3. The third kappa shape index (κ3) is 4.96. The molecule has 2 saturated heterocycles. The van der Waals surface area contributed by atoms with Crippen LogP contribution in [0.15, 0.2) is 12.2 Å². The van der Waals surface area contributed by atoms with Gasteiger partial charge in [-0.05, 0) is 0 Å². The van der Waals surface area contributed by atoms with E-state index in [1.807, 2.05) is 0 Å². The molecule has 0 radical (unpaired) electrons. The Balaban J connectivity index is 1.60. The topological polar surface area (TPSA) is 129 Å². The number of amides is 2. The Morgan fingerprint density at radius 1 is 0.955 bits per heavy atom. The summed E-state index contributed by atoms with van der Waals surface area (Å²) >= 11 is 0. The van der Waals surface area contributed by atoms with Crippen LogP contribution in [0.2, 0.25) is 0 Å². The first kappa shape index (κ1) is 15.6. The minimum absolute atomic E-state index is 0.110. The summed E-state index contributed by atoms with van der Waals surface area (Å²) in [6, 6.07) is 0. The van der Waals surface area contributed by atoms with Crippen LogP contribution in [0.3, 0.4) is 0 Å². The van der Waals surface area contributed by atoms with Crippen LogP contribution in [0.4, 0.5) is 9.59 Å². The van der Waals surface area contributed by atoms with Gasteiger partial charge in [-0.3, -0.25) is 0 Å². The standard InChI is InChI=1S/C12H14N2O8/c15-9(19-5-7-3-13-11(17)21-7)1-2-10(16)20-6-8-4-14-12(18)22-8/h1-2,7-8H,3-6H2,(H,13,17)(H,14,18)/b2-1+. The minimum atomic E-state index is -0.770. The van der Waals surface area contributed by atoms with Crippen LogP contribution in [0, 0.1) is 0 Å². The van der Waals surface area contributed by atoms with Gasteiger partial charge in [0.1, 0.15) is 13.2 Å². The van der Waals surface area contributed by atoms with Crippen LogP contribution < -0.4 is 10.6 Å². The monoisotopic (exact) mass is 314 g/mol. The van der Waals surface area contributed by atoms with Crippen molar-refractivity contribution in [1.82, 2.24) is 10.6 Å². The number of rotatable bonds is 6. The molecule has 2 aliphatic heterocycles. The van der Waals surface area contributed by atoms with E-state index in [2.05, 4.69) is 10.6 Å². The highest BCUT2D eigenvalue weighted by Gasteiger charge is 2.24. The van der Waals surface area contributed by atoms with E-state index in [4.69, 9.17) is 18.9 Å². The molecule has 2 amide bonds. The second-order valence-corrected chi connectivity index (χ2v) is 4.41. The SMILES string of the molecule is O=C(/C=C/C(=O)OCC1CNC(=O)O1)OCC1CNC(=O)O1. The van der Waals surface area contributed by atoms with E-state index in [1.54, 1.807) is 0 Å². The van der Waals surface area contributed by atoms with Gasteiger partial charge in [-0.25, -0.2) is 19.2 Å². The van der Waals surface area contributed by atoms with Crippen LogP contribution in [0.25, 0.3) is 0 Å². The van der Waals surface area contributed by atoms with Gasteiger partial charge < -0.3 is 29.6 Å². The summed E-state index contributed by atoms with van der Waals surface area (Å²) in [6.45, 7) is 0.291. The van der Waals surface area contributed by atoms with E-state index >= 15 is 0 Å². The Kier molecular flexibility index (Phi) is 5.17.